The summed E-state index contributed by atoms with van der Waals surface area (Å²) in [6, 6.07) is 0. The molecule has 462 valence electrons. The first kappa shape index (κ1) is 76.6. The lowest BCUT2D eigenvalue weighted by atomic mass is 10.0. The van der Waals surface area contributed by atoms with Crippen molar-refractivity contribution in [3.63, 3.8) is 0 Å². The van der Waals surface area contributed by atoms with E-state index in [2.05, 4.69) is 106 Å². The van der Waals surface area contributed by atoms with Gasteiger partial charge in [-0.2, -0.15) is 0 Å². The van der Waals surface area contributed by atoms with Crippen LogP contribution in [0.25, 0.3) is 0 Å². The summed E-state index contributed by atoms with van der Waals surface area (Å²) in [6.45, 7) is 6.48. The van der Waals surface area contributed by atoms with Gasteiger partial charge in [0.2, 0.25) is 0 Å². The SMILES string of the molecule is CC/C=C\C/C=C\C/C=C\C/C=C\C/C=C\C/C=C\C/C=C\CCCCCCCCCCCC(=O)OCC(COC(=O)CCCCCCC)OC(=O)CCCCCCCCCCCCCCCCCCCCCCCCCCCC. The molecule has 0 saturated heterocycles. The van der Waals surface area contributed by atoms with Crippen molar-refractivity contribution in [2.75, 3.05) is 13.2 Å². The molecule has 0 bridgehead atoms. The second-order valence-corrected chi connectivity index (χ2v) is 23.1. The van der Waals surface area contributed by atoms with Crippen molar-refractivity contribution in [1.82, 2.24) is 0 Å². The Kier molecular flexibility index (Phi) is 65.2. The molecule has 6 heteroatoms. The average molecular weight is 1120 g/mol. The summed E-state index contributed by atoms with van der Waals surface area (Å²) >= 11 is 0. The molecular weight excluding hydrogens is 985 g/mol. The highest BCUT2D eigenvalue weighted by Gasteiger charge is 2.19. The Balaban J connectivity index is 4.00. The van der Waals surface area contributed by atoms with Crippen molar-refractivity contribution < 1.29 is 28.6 Å². The Morgan fingerprint density at radius 1 is 0.263 bits per heavy atom. The average Bonchev–Trinajstić information content (AvgIpc) is 3.46. The van der Waals surface area contributed by atoms with Gasteiger partial charge in [-0.05, 0) is 77.0 Å². The van der Waals surface area contributed by atoms with Gasteiger partial charge in [0.15, 0.2) is 6.10 Å². The van der Waals surface area contributed by atoms with Gasteiger partial charge in [-0.15, -0.1) is 0 Å². The first-order valence-corrected chi connectivity index (χ1v) is 34.6. The van der Waals surface area contributed by atoms with Crippen molar-refractivity contribution >= 4 is 17.9 Å². The summed E-state index contributed by atoms with van der Waals surface area (Å²) < 4.78 is 16.8. The zero-order valence-electron chi connectivity index (χ0n) is 53.1. The Bertz CT molecular complexity index is 1520. The zero-order chi connectivity index (χ0) is 57.8. The highest BCUT2D eigenvalue weighted by atomic mass is 16.6. The maximum Gasteiger partial charge on any atom is 0.306 e. The number of esters is 3. The largest absolute Gasteiger partial charge is 0.462 e. The van der Waals surface area contributed by atoms with Gasteiger partial charge in [0.05, 0.1) is 0 Å². The molecule has 0 aliphatic heterocycles. The monoisotopic (exact) mass is 1110 g/mol. The fourth-order valence-electron chi connectivity index (χ4n) is 10.0. The third-order valence-electron chi connectivity index (χ3n) is 15.2. The van der Waals surface area contributed by atoms with Gasteiger partial charge in [0.25, 0.3) is 0 Å². The van der Waals surface area contributed by atoms with E-state index >= 15 is 0 Å². The van der Waals surface area contributed by atoms with Crippen molar-refractivity contribution in [2.45, 2.75) is 354 Å². The minimum absolute atomic E-state index is 0.0753. The predicted molar refractivity (Wildman–Crippen MR) is 348 cm³/mol. The molecule has 0 amide bonds. The van der Waals surface area contributed by atoms with Gasteiger partial charge in [-0.25, -0.2) is 0 Å². The molecule has 0 spiro atoms. The molecule has 0 rings (SSSR count). The fourth-order valence-corrected chi connectivity index (χ4v) is 10.0. The van der Waals surface area contributed by atoms with E-state index in [0.717, 1.165) is 116 Å². The second-order valence-electron chi connectivity index (χ2n) is 23.1. The number of carbonyl (C=O) groups excluding carboxylic acids is 3. The minimum Gasteiger partial charge on any atom is -0.462 e. The molecule has 6 nitrogen and oxygen atoms in total. The van der Waals surface area contributed by atoms with E-state index in [1.807, 2.05) is 0 Å². The second kappa shape index (κ2) is 68.1. The Morgan fingerprint density at radius 2 is 0.487 bits per heavy atom. The van der Waals surface area contributed by atoms with Crippen LogP contribution >= 0.6 is 0 Å². The number of hydrogen-bond donors (Lipinski definition) is 0. The standard InChI is InChI=1S/C74H130O6/c1-4-7-10-13-15-17-19-21-23-25-27-29-31-33-35-36-37-38-39-41-42-44-46-48-50-52-54-56-58-61-64-67-73(76)79-70-71(69-78-72(75)66-63-60-12-9-6-3)80-74(77)68-65-62-59-57-55-53-51-49-47-45-43-40-34-32-30-28-26-24-22-20-18-16-14-11-8-5-2/h7,10,15,17,21,23,27,29,33,35,37-38,41-42,71H,4-6,8-9,11-14,16,18-20,22,24-26,28,30-32,34,36,39-40,43-70H2,1-3H3/b10-7-,17-15-,23-21-,29-27-,35-33-,38-37-,42-41-. The molecule has 0 aliphatic rings. The van der Waals surface area contributed by atoms with Crippen LogP contribution in [0.2, 0.25) is 0 Å². The molecular formula is C74H130O6. The van der Waals surface area contributed by atoms with Crippen LogP contribution in [0.3, 0.4) is 0 Å². The summed E-state index contributed by atoms with van der Waals surface area (Å²) in [4.78, 5) is 38.0. The van der Waals surface area contributed by atoms with Crippen LogP contribution in [-0.4, -0.2) is 37.2 Å². The van der Waals surface area contributed by atoms with Crippen molar-refractivity contribution in [1.29, 1.82) is 0 Å². The summed E-state index contributed by atoms with van der Waals surface area (Å²) in [7, 11) is 0. The lowest BCUT2D eigenvalue weighted by molar-refractivity contribution is -0.167. The third-order valence-corrected chi connectivity index (χ3v) is 15.2. The first-order valence-electron chi connectivity index (χ1n) is 34.6. The van der Waals surface area contributed by atoms with Crippen LogP contribution in [0.5, 0.6) is 0 Å². The van der Waals surface area contributed by atoms with Gasteiger partial charge in [-0.3, -0.25) is 14.4 Å². The van der Waals surface area contributed by atoms with Crippen LogP contribution < -0.4 is 0 Å². The molecule has 0 aliphatic carbocycles. The van der Waals surface area contributed by atoms with Crippen molar-refractivity contribution in [3.05, 3.63) is 85.1 Å². The van der Waals surface area contributed by atoms with E-state index in [1.54, 1.807) is 0 Å². The molecule has 1 atom stereocenters. The summed E-state index contributed by atoms with van der Waals surface area (Å²) in [5.41, 5.74) is 0. The molecule has 80 heavy (non-hydrogen) atoms. The molecule has 0 fully saturated rings. The van der Waals surface area contributed by atoms with Crippen LogP contribution in [0.4, 0.5) is 0 Å². The maximum absolute atomic E-state index is 12.9. The highest BCUT2D eigenvalue weighted by molar-refractivity contribution is 5.71. The van der Waals surface area contributed by atoms with Crippen LogP contribution in [0.15, 0.2) is 85.1 Å². The van der Waals surface area contributed by atoms with Crippen LogP contribution in [-0.2, 0) is 28.6 Å². The van der Waals surface area contributed by atoms with E-state index in [1.165, 1.54) is 193 Å². The fraction of sp³-hybridized carbons (Fsp3) is 0.770. The van der Waals surface area contributed by atoms with Crippen LogP contribution in [0, 0.1) is 0 Å². The van der Waals surface area contributed by atoms with E-state index in [4.69, 9.17) is 14.2 Å². The lowest BCUT2D eigenvalue weighted by Gasteiger charge is -2.18. The normalized spacial score (nSPS) is 12.6. The summed E-state index contributed by atoms with van der Waals surface area (Å²) in [5.74, 6) is -0.879. The first-order chi connectivity index (χ1) is 39.5. The molecule has 0 radical (unpaired) electrons. The third kappa shape index (κ3) is 65.4. The highest BCUT2D eigenvalue weighted by Crippen LogP contribution is 2.18. The number of hydrogen-bond acceptors (Lipinski definition) is 6. The maximum atomic E-state index is 12.9. The smallest absolute Gasteiger partial charge is 0.306 e. The topological polar surface area (TPSA) is 78.9 Å². The van der Waals surface area contributed by atoms with Crippen LogP contribution in [0.1, 0.15) is 348 Å². The predicted octanol–water partition coefficient (Wildman–Crippen LogP) is 23.8. The van der Waals surface area contributed by atoms with E-state index in [-0.39, 0.29) is 31.1 Å². The van der Waals surface area contributed by atoms with Crippen molar-refractivity contribution in [3.8, 4) is 0 Å². The van der Waals surface area contributed by atoms with Crippen molar-refractivity contribution in [2.24, 2.45) is 0 Å². The summed E-state index contributed by atoms with van der Waals surface area (Å²) in [6.07, 6.45) is 90.9. The number of ether oxygens (including phenoxy) is 3. The Hall–Kier alpha value is -3.41. The van der Waals surface area contributed by atoms with E-state index in [0.29, 0.717) is 19.3 Å². The molecule has 0 aromatic rings. The van der Waals surface area contributed by atoms with E-state index < -0.39 is 6.10 Å². The van der Waals surface area contributed by atoms with Gasteiger partial charge in [0, 0.05) is 19.3 Å². The van der Waals surface area contributed by atoms with Gasteiger partial charge in [0.1, 0.15) is 13.2 Å². The lowest BCUT2D eigenvalue weighted by Crippen LogP contribution is -2.30. The molecule has 0 heterocycles. The minimum atomic E-state index is -0.774. The zero-order valence-corrected chi connectivity index (χ0v) is 53.1. The number of unbranched alkanes of at least 4 members (excludes halogenated alkanes) is 38. The molecule has 0 saturated carbocycles. The Labute approximate surface area is 496 Å². The van der Waals surface area contributed by atoms with Gasteiger partial charge in [-0.1, -0.05) is 337 Å². The van der Waals surface area contributed by atoms with Gasteiger partial charge < -0.3 is 14.2 Å². The number of allylic oxidation sites excluding steroid dienone is 14. The van der Waals surface area contributed by atoms with E-state index in [9.17, 15) is 14.4 Å². The molecule has 1 unspecified atom stereocenters. The number of carbonyl (C=O) groups is 3. The quantitative estimate of drug-likeness (QED) is 0.0261. The van der Waals surface area contributed by atoms with Gasteiger partial charge >= 0.3 is 17.9 Å². The number of rotatable bonds is 63. The molecule has 0 N–H and O–H groups in total. The molecule has 0 aromatic heterocycles. The molecule has 0 aromatic carbocycles. The Morgan fingerprint density at radius 3 is 0.762 bits per heavy atom. The summed E-state index contributed by atoms with van der Waals surface area (Å²) in [5, 5.41) is 0.